The molecule has 1 heterocycles. The molecule has 0 spiro atoms. The highest BCUT2D eigenvalue weighted by molar-refractivity contribution is 6.30. The predicted molar refractivity (Wildman–Crippen MR) is 85.0 cm³/mol. The summed E-state index contributed by atoms with van der Waals surface area (Å²) in [5, 5.41) is 3.68. The van der Waals surface area contributed by atoms with Gasteiger partial charge in [0, 0.05) is 23.8 Å². The number of ether oxygens (including phenoxy) is 1. The Kier molecular flexibility index (Phi) is 4.03. The highest BCUT2D eigenvalue weighted by atomic mass is 35.5. The maximum absolute atomic E-state index is 12.5. The Hall–Kier alpha value is -2.07. The highest BCUT2D eigenvalue weighted by Gasteiger charge is 2.50. The van der Waals surface area contributed by atoms with Gasteiger partial charge in [0.2, 0.25) is 11.8 Å². The van der Waals surface area contributed by atoms with Gasteiger partial charge in [-0.1, -0.05) is 29.8 Å². The van der Waals surface area contributed by atoms with E-state index in [1.807, 2.05) is 30.3 Å². The van der Waals surface area contributed by atoms with Crippen LogP contribution in [-0.4, -0.2) is 18.0 Å². The van der Waals surface area contributed by atoms with Gasteiger partial charge >= 0.3 is 0 Å². The Balaban J connectivity index is 1.65. The van der Waals surface area contributed by atoms with E-state index in [1.54, 1.807) is 19.4 Å². The third-order valence-corrected chi connectivity index (χ3v) is 4.29. The van der Waals surface area contributed by atoms with Crippen molar-refractivity contribution in [1.29, 1.82) is 0 Å². The summed E-state index contributed by atoms with van der Waals surface area (Å²) in [6, 6.07) is 11.2. The molecule has 4 nitrogen and oxygen atoms in total. The molecule has 1 aromatic carbocycles. The summed E-state index contributed by atoms with van der Waals surface area (Å²) in [5.74, 6) is 0.626. The van der Waals surface area contributed by atoms with Crippen molar-refractivity contribution >= 4 is 17.5 Å². The molecule has 0 aliphatic heterocycles. The first-order chi connectivity index (χ1) is 10.6. The molecule has 0 unspecified atom stereocenters. The summed E-state index contributed by atoms with van der Waals surface area (Å²) in [5.41, 5.74) is 1.59. The Morgan fingerprint density at radius 1 is 1.27 bits per heavy atom. The summed E-state index contributed by atoms with van der Waals surface area (Å²) in [4.78, 5) is 16.7. The molecule has 22 heavy (non-hydrogen) atoms. The van der Waals surface area contributed by atoms with Crippen LogP contribution < -0.4 is 10.1 Å². The van der Waals surface area contributed by atoms with Crippen molar-refractivity contribution in [3.63, 3.8) is 0 Å². The Labute approximate surface area is 134 Å². The van der Waals surface area contributed by atoms with Crippen molar-refractivity contribution in [3.8, 4) is 5.88 Å². The largest absolute Gasteiger partial charge is 0.481 e. The van der Waals surface area contributed by atoms with E-state index in [4.69, 9.17) is 16.3 Å². The topological polar surface area (TPSA) is 51.2 Å². The van der Waals surface area contributed by atoms with Crippen LogP contribution >= 0.6 is 11.6 Å². The molecule has 5 heteroatoms. The summed E-state index contributed by atoms with van der Waals surface area (Å²) in [6.45, 7) is 0.463. The first kappa shape index (κ1) is 14.9. The highest BCUT2D eigenvalue weighted by Crippen LogP contribution is 2.48. The lowest BCUT2D eigenvalue weighted by Gasteiger charge is -2.16. The van der Waals surface area contributed by atoms with E-state index in [0.29, 0.717) is 17.4 Å². The van der Waals surface area contributed by atoms with Crippen LogP contribution in [0.1, 0.15) is 24.0 Å². The number of halogens is 1. The number of benzene rings is 1. The second kappa shape index (κ2) is 5.97. The Morgan fingerprint density at radius 3 is 2.55 bits per heavy atom. The van der Waals surface area contributed by atoms with Gasteiger partial charge in [-0.05, 0) is 36.1 Å². The number of carbonyl (C=O) groups excluding carboxylic acids is 1. The van der Waals surface area contributed by atoms with E-state index in [2.05, 4.69) is 10.3 Å². The molecule has 1 saturated carbocycles. The number of nitrogens with one attached hydrogen (secondary N) is 1. The van der Waals surface area contributed by atoms with Crippen molar-refractivity contribution in [3.05, 3.63) is 58.7 Å². The van der Waals surface area contributed by atoms with E-state index in [1.165, 1.54) is 0 Å². The summed E-state index contributed by atoms with van der Waals surface area (Å²) in [7, 11) is 1.58. The van der Waals surface area contributed by atoms with Crippen molar-refractivity contribution < 1.29 is 9.53 Å². The predicted octanol–water partition coefficient (Wildman–Crippen LogP) is 3.09. The quantitative estimate of drug-likeness (QED) is 0.922. The number of aromatic nitrogens is 1. The third kappa shape index (κ3) is 2.92. The number of amides is 1. The van der Waals surface area contributed by atoms with E-state index in [0.717, 1.165) is 24.0 Å². The Bertz CT molecular complexity index is 664. The molecule has 3 rings (SSSR count). The maximum Gasteiger partial charge on any atom is 0.230 e. The van der Waals surface area contributed by atoms with Gasteiger partial charge in [-0.25, -0.2) is 4.98 Å². The standard InChI is InChI=1S/C17H17ClN2O2/c1-22-15-7-2-12(10-19-15)11-20-16(21)17(8-9-17)13-3-5-14(18)6-4-13/h2-7,10H,8-9,11H2,1H3,(H,20,21). The molecule has 1 amide bonds. The SMILES string of the molecule is COc1ccc(CNC(=O)C2(c3ccc(Cl)cc3)CC2)cn1. The number of carbonyl (C=O) groups is 1. The minimum Gasteiger partial charge on any atom is -0.481 e. The van der Waals surface area contributed by atoms with Gasteiger partial charge in [0.25, 0.3) is 0 Å². The van der Waals surface area contributed by atoms with Crippen LogP contribution in [-0.2, 0) is 16.8 Å². The van der Waals surface area contributed by atoms with Crippen molar-refractivity contribution in [2.24, 2.45) is 0 Å². The van der Waals surface area contributed by atoms with Crippen LogP contribution in [0.15, 0.2) is 42.6 Å². The number of hydrogen-bond acceptors (Lipinski definition) is 3. The molecule has 1 N–H and O–H groups in total. The normalized spacial score (nSPS) is 15.2. The fourth-order valence-corrected chi connectivity index (χ4v) is 2.65. The first-order valence-corrected chi connectivity index (χ1v) is 7.55. The fraction of sp³-hybridized carbons (Fsp3) is 0.294. The average Bonchev–Trinajstić information content (AvgIpc) is 3.35. The van der Waals surface area contributed by atoms with Crippen LogP contribution in [0.5, 0.6) is 5.88 Å². The first-order valence-electron chi connectivity index (χ1n) is 7.17. The van der Waals surface area contributed by atoms with Crippen molar-refractivity contribution in [1.82, 2.24) is 10.3 Å². The van der Waals surface area contributed by atoms with Gasteiger partial charge in [0.15, 0.2) is 0 Å². The van der Waals surface area contributed by atoms with Crippen LogP contribution in [0.3, 0.4) is 0 Å². The number of methoxy groups -OCH3 is 1. The molecule has 1 aliphatic carbocycles. The molecule has 114 valence electrons. The second-order valence-corrected chi connectivity index (χ2v) is 5.92. The van der Waals surface area contributed by atoms with Gasteiger partial charge in [0.05, 0.1) is 12.5 Å². The lowest BCUT2D eigenvalue weighted by molar-refractivity contribution is -0.123. The van der Waals surface area contributed by atoms with Gasteiger partial charge in [0.1, 0.15) is 0 Å². The van der Waals surface area contributed by atoms with Crippen LogP contribution in [0.4, 0.5) is 0 Å². The van der Waals surface area contributed by atoms with Gasteiger partial charge in [-0.3, -0.25) is 4.79 Å². The Morgan fingerprint density at radius 2 is 2.00 bits per heavy atom. The lowest BCUT2D eigenvalue weighted by Crippen LogP contribution is -2.34. The summed E-state index contributed by atoms with van der Waals surface area (Å²) < 4.78 is 5.02. The molecule has 0 saturated heterocycles. The lowest BCUT2D eigenvalue weighted by atomic mass is 9.95. The third-order valence-electron chi connectivity index (χ3n) is 4.04. The molecule has 1 aliphatic rings. The summed E-state index contributed by atoms with van der Waals surface area (Å²) >= 11 is 5.91. The van der Waals surface area contributed by atoms with E-state index in [9.17, 15) is 4.79 Å². The maximum atomic E-state index is 12.5. The molecular formula is C17H17ClN2O2. The zero-order valence-electron chi connectivity index (χ0n) is 12.3. The van der Waals surface area contributed by atoms with Gasteiger partial charge in [-0.15, -0.1) is 0 Å². The number of rotatable bonds is 5. The van der Waals surface area contributed by atoms with Gasteiger partial charge in [-0.2, -0.15) is 0 Å². The molecular weight excluding hydrogens is 300 g/mol. The van der Waals surface area contributed by atoms with Crippen LogP contribution in [0.25, 0.3) is 0 Å². The van der Waals surface area contributed by atoms with Crippen molar-refractivity contribution in [2.75, 3.05) is 7.11 Å². The minimum atomic E-state index is -0.384. The average molecular weight is 317 g/mol. The van der Waals surface area contributed by atoms with E-state index < -0.39 is 0 Å². The minimum absolute atomic E-state index is 0.0608. The number of nitrogens with zero attached hydrogens (tertiary/aromatic N) is 1. The zero-order valence-corrected chi connectivity index (χ0v) is 13.1. The van der Waals surface area contributed by atoms with Crippen molar-refractivity contribution in [2.45, 2.75) is 24.8 Å². The smallest absolute Gasteiger partial charge is 0.230 e. The van der Waals surface area contributed by atoms with Crippen LogP contribution in [0.2, 0.25) is 5.02 Å². The number of pyridine rings is 1. The molecule has 1 fully saturated rings. The monoisotopic (exact) mass is 316 g/mol. The van der Waals surface area contributed by atoms with Crippen LogP contribution in [0, 0.1) is 0 Å². The van der Waals surface area contributed by atoms with E-state index in [-0.39, 0.29) is 11.3 Å². The number of hydrogen-bond donors (Lipinski definition) is 1. The summed E-state index contributed by atoms with van der Waals surface area (Å²) in [6.07, 6.45) is 3.46. The van der Waals surface area contributed by atoms with E-state index >= 15 is 0 Å². The zero-order chi connectivity index (χ0) is 15.6. The molecule has 1 aromatic heterocycles. The fourth-order valence-electron chi connectivity index (χ4n) is 2.53. The molecule has 0 radical (unpaired) electrons. The molecule has 0 atom stereocenters. The molecule has 0 bridgehead atoms. The second-order valence-electron chi connectivity index (χ2n) is 5.48. The van der Waals surface area contributed by atoms with Gasteiger partial charge < -0.3 is 10.1 Å². The molecule has 2 aromatic rings.